The number of hydrogen-bond donors (Lipinski definition) is 1. The molecular weight excluding hydrogens is 222 g/mol. The summed E-state index contributed by atoms with van der Waals surface area (Å²) in [4.78, 5) is 0. The van der Waals surface area contributed by atoms with Crippen molar-refractivity contribution in [3.8, 4) is 0 Å². The third-order valence-corrected chi connectivity index (χ3v) is 4.03. The normalized spacial score (nSPS) is 36.1. The minimum absolute atomic E-state index is 0. The van der Waals surface area contributed by atoms with Gasteiger partial charge in [0, 0.05) is 17.4 Å². The Hall–Kier alpha value is -0.570. The molecule has 1 aliphatic carbocycles. The van der Waals surface area contributed by atoms with Gasteiger partial charge in [0.25, 0.3) is 0 Å². The topological polar surface area (TPSA) is 35.2 Å². The third kappa shape index (κ3) is 1.56. The Kier molecular flexibility index (Phi) is 2.99. The first-order valence-corrected chi connectivity index (χ1v) is 5.62. The number of nitrogens with two attached hydrogens (primary N) is 1. The molecule has 1 saturated carbocycles. The SMILES string of the molecule is Cl.NCC12COCC(c3ccccc3)(C1)C2. The summed E-state index contributed by atoms with van der Waals surface area (Å²) in [5.41, 5.74) is 7.82. The fourth-order valence-electron chi connectivity index (χ4n) is 3.33. The molecule has 2 N–H and O–H groups in total. The molecule has 2 bridgehead atoms. The molecule has 2 aliphatic heterocycles. The van der Waals surface area contributed by atoms with Gasteiger partial charge in [-0.25, -0.2) is 0 Å². The van der Waals surface area contributed by atoms with Gasteiger partial charge in [0.2, 0.25) is 0 Å². The van der Waals surface area contributed by atoms with Gasteiger partial charge in [-0.15, -0.1) is 12.4 Å². The molecule has 16 heavy (non-hydrogen) atoms. The van der Waals surface area contributed by atoms with Gasteiger partial charge in [-0.1, -0.05) is 30.3 Å². The number of fused-ring (bicyclic) bond motifs is 2. The van der Waals surface area contributed by atoms with E-state index in [0.717, 1.165) is 19.8 Å². The number of ether oxygens (including phenoxy) is 1. The van der Waals surface area contributed by atoms with Gasteiger partial charge >= 0.3 is 0 Å². The summed E-state index contributed by atoms with van der Waals surface area (Å²) in [5.74, 6) is 0. The molecule has 0 atom stereocenters. The fraction of sp³-hybridized carbons (Fsp3) is 0.538. The van der Waals surface area contributed by atoms with Crippen LogP contribution in [0.25, 0.3) is 0 Å². The first kappa shape index (κ1) is 11.9. The lowest BCUT2D eigenvalue weighted by atomic mass is 9.49. The Balaban J connectivity index is 0.000000963. The number of benzene rings is 1. The molecule has 0 amide bonds. The summed E-state index contributed by atoms with van der Waals surface area (Å²) in [7, 11) is 0. The van der Waals surface area contributed by atoms with Crippen LogP contribution >= 0.6 is 12.4 Å². The second kappa shape index (κ2) is 4.02. The molecule has 1 aromatic rings. The van der Waals surface area contributed by atoms with E-state index in [4.69, 9.17) is 10.5 Å². The predicted molar refractivity (Wildman–Crippen MR) is 66.9 cm³/mol. The fourth-order valence-corrected chi connectivity index (χ4v) is 3.33. The minimum Gasteiger partial charge on any atom is -0.380 e. The van der Waals surface area contributed by atoms with Gasteiger partial charge in [-0.05, 0) is 18.4 Å². The second-order valence-electron chi connectivity index (χ2n) is 5.20. The predicted octanol–water partition coefficient (Wildman–Crippen LogP) is 2.12. The van der Waals surface area contributed by atoms with Crippen LogP contribution in [-0.2, 0) is 10.2 Å². The molecule has 0 unspecified atom stereocenters. The number of rotatable bonds is 2. The van der Waals surface area contributed by atoms with Crippen LogP contribution in [0.1, 0.15) is 18.4 Å². The lowest BCUT2D eigenvalue weighted by Crippen LogP contribution is -2.62. The van der Waals surface area contributed by atoms with E-state index in [1.165, 1.54) is 18.4 Å². The number of hydrogen-bond acceptors (Lipinski definition) is 2. The lowest BCUT2D eigenvalue weighted by molar-refractivity contribution is -0.147. The molecule has 2 saturated heterocycles. The molecule has 3 fully saturated rings. The highest BCUT2D eigenvalue weighted by atomic mass is 35.5. The van der Waals surface area contributed by atoms with Gasteiger partial charge in [0.05, 0.1) is 13.2 Å². The van der Waals surface area contributed by atoms with E-state index >= 15 is 0 Å². The van der Waals surface area contributed by atoms with Crippen LogP contribution in [0, 0.1) is 5.41 Å². The molecule has 0 radical (unpaired) electrons. The molecule has 88 valence electrons. The smallest absolute Gasteiger partial charge is 0.0563 e. The van der Waals surface area contributed by atoms with E-state index in [0.29, 0.717) is 0 Å². The van der Waals surface area contributed by atoms with Crippen molar-refractivity contribution < 1.29 is 4.74 Å². The van der Waals surface area contributed by atoms with E-state index in [1.54, 1.807) is 0 Å². The lowest BCUT2D eigenvalue weighted by Gasteiger charge is -2.60. The quantitative estimate of drug-likeness (QED) is 0.858. The van der Waals surface area contributed by atoms with Crippen LogP contribution in [0.5, 0.6) is 0 Å². The van der Waals surface area contributed by atoms with E-state index in [-0.39, 0.29) is 23.2 Å². The molecule has 2 heterocycles. The van der Waals surface area contributed by atoms with Crippen molar-refractivity contribution in [2.24, 2.45) is 11.1 Å². The largest absolute Gasteiger partial charge is 0.380 e. The molecule has 4 rings (SSSR count). The minimum atomic E-state index is 0. The summed E-state index contributed by atoms with van der Waals surface area (Å²) < 4.78 is 5.70. The van der Waals surface area contributed by atoms with Crippen molar-refractivity contribution >= 4 is 12.4 Å². The highest BCUT2D eigenvalue weighted by molar-refractivity contribution is 5.85. The Labute approximate surface area is 103 Å². The van der Waals surface area contributed by atoms with E-state index in [9.17, 15) is 0 Å². The molecule has 1 aromatic carbocycles. The summed E-state index contributed by atoms with van der Waals surface area (Å²) in [6.07, 6.45) is 2.42. The van der Waals surface area contributed by atoms with E-state index < -0.39 is 0 Å². The zero-order chi connectivity index (χ0) is 10.4. The van der Waals surface area contributed by atoms with Crippen molar-refractivity contribution in [2.75, 3.05) is 19.8 Å². The van der Waals surface area contributed by atoms with Crippen molar-refractivity contribution in [1.82, 2.24) is 0 Å². The van der Waals surface area contributed by atoms with Gasteiger partial charge in [0.15, 0.2) is 0 Å². The summed E-state index contributed by atoms with van der Waals surface area (Å²) in [6.45, 7) is 2.50. The Morgan fingerprint density at radius 2 is 1.81 bits per heavy atom. The maximum atomic E-state index is 5.83. The van der Waals surface area contributed by atoms with Gasteiger partial charge in [-0.3, -0.25) is 0 Å². The van der Waals surface area contributed by atoms with Crippen LogP contribution in [0.2, 0.25) is 0 Å². The molecule has 2 nitrogen and oxygen atoms in total. The summed E-state index contributed by atoms with van der Waals surface area (Å²) >= 11 is 0. The van der Waals surface area contributed by atoms with Crippen LogP contribution in [0.4, 0.5) is 0 Å². The summed E-state index contributed by atoms with van der Waals surface area (Å²) in [5, 5.41) is 0. The zero-order valence-corrected chi connectivity index (χ0v) is 10.1. The van der Waals surface area contributed by atoms with Gasteiger partial charge in [0.1, 0.15) is 0 Å². The Morgan fingerprint density at radius 1 is 1.12 bits per heavy atom. The zero-order valence-electron chi connectivity index (χ0n) is 9.32. The third-order valence-electron chi connectivity index (χ3n) is 4.03. The average molecular weight is 240 g/mol. The van der Waals surface area contributed by atoms with Crippen molar-refractivity contribution in [1.29, 1.82) is 0 Å². The van der Waals surface area contributed by atoms with Crippen molar-refractivity contribution in [2.45, 2.75) is 18.3 Å². The van der Waals surface area contributed by atoms with Gasteiger partial charge in [-0.2, -0.15) is 0 Å². The van der Waals surface area contributed by atoms with Gasteiger partial charge < -0.3 is 10.5 Å². The first-order valence-electron chi connectivity index (χ1n) is 5.62. The highest BCUT2D eigenvalue weighted by Crippen LogP contribution is 2.58. The Morgan fingerprint density at radius 3 is 2.44 bits per heavy atom. The molecule has 0 spiro atoms. The van der Waals surface area contributed by atoms with Crippen LogP contribution < -0.4 is 5.73 Å². The van der Waals surface area contributed by atoms with Crippen LogP contribution in [0.15, 0.2) is 30.3 Å². The van der Waals surface area contributed by atoms with Crippen LogP contribution in [-0.4, -0.2) is 19.8 Å². The van der Waals surface area contributed by atoms with E-state index in [1.807, 2.05) is 0 Å². The molecule has 3 heteroatoms. The number of halogens is 1. The van der Waals surface area contributed by atoms with E-state index in [2.05, 4.69) is 30.3 Å². The maximum absolute atomic E-state index is 5.83. The maximum Gasteiger partial charge on any atom is 0.0563 e. The molecule has 3 aliphatic rings. The monoisotopic (exact) mass is 239 g/mol. The average Bonchev–Trinajstić information content (AvgIpc) is 2.29. The standard InChI is InChI=1S/C13H17NO.ClH/c14-8-12-6-13(7-12,10-15-9-12)11-4-2-1-3-5-11;/h1-5H,6-10,14H2;1H. The van der Waals surface area contributed by atoms with Crippen LogP contribution in [0.3, 0.4) is 0 Å². The van der Waals surface area contributed by atoms with Crippen molar-refractivity contribution in [3.63, 3.8) is 0 Å². The second-order valence-corrected chi connectivity index (χ2v) is 5.20. The Bertz CT molecular complexity index is 359. The first-order chi connectivity index (χ1) is 7.29. The van der Waals surface area contributed by atoms with Crippen molar-refractivity contribution in [3.05, 3.63) is 35.9 Å². The molecule has 0 aromatic heterocycles. The highest BCUT2D eigenvalue weighted by Gasteiger charge is 2.57. The molecular formula is C13H18ClNO. The summed E-state index contributed by atoms with van der Waals surface area (Å²) in [6, 6.07) is 10.7.